The van der Waals surface area contributed by atoms with Crippen LogP contribution >= 0.6 is 0 Å². The third-order valence-corrected chi connectivity index (χ3v) is 2.64. The van der Waals surface area contributed by atoms with E-state index in [1.165, 1.54) is 12.0 Å². The van der Waals surface area contributed by atoms with Crippen molar-refractivity contribution < 1.29 is 23.0 Å². The van der Waals surface area contributed by atoms with Crippen molar-refractivity contribution in [3.8, 4) is 11.5 Å². The zero-order chi connectivity index (χ0) is 14.5. The zero-order valence-corrected chi connectivity index (χ0v) is 11.0. The molecule has 1 rings (SSSR count). The monoisotopic (exact) mass is 277 g/mol. The first-order valence-corrected chi connectivity index (χ1v) is 6.01. The van der Waals surface area contributed by atoms with Crippen LogP contribution in [0, 0.1) is 0 Å². The van der Waals surface area contributed by atoms with Crippen molar-refractivity contribution in [2.75, 3.05) is 20.2 Å². The Bertz CT molecular complexity index is 407. The number of halogens is 3. The summed E-state index contributed by atoms with van der Waals surface area (Å²) in [5, 5.41) is 9.87. The van der Waals surface area contributed by atoms with Crippen LogP contribution in [0.4, 0.5) is 13.2 Å². The Morgan fingerprint density at radius 3 is 2.53 bits per heavy atom. The molecule has 0 atom stereocenters. The highest BCUT2D eigenvalue weighted by molar-refractivity contribution is 5.45. The summed E-state index contributed by atoms with van der Waals surface area (Å²) in [6, 6.07) is 4.80. The highest BCUT2D eigenvalue weighted by atomic mass is 19.4. The Hall–Kier alpha value is -1.43. The Balaban J connectivity index is 2.84. The summed E-state index contributed by atoms with van der Waals surface area (Å²) in [4.78, 5) is 1.26. The van der Waals surface area contributed by atoms with E-state index in [0.717, 1.165) is 0 Å². The lowest BCUT2D eigenvalue weighted by atomic mass is 10.1. The molecular formula is C13H18F3NO2. The van der Waals surface area contributed by atoms with Crippen molar-refractivity contribution in [1.29, 1.82) is 0 Å². The Labute approximate surface area is 110 Å². The second kappa shape index (κ2) is 6.65. The van der Waals surface area contributed by atoms with Crippen LogP contribution in [0.1, 0.15) is 18.9 Å². The van der Waals surface area contributed by atoms with Crippen LogP contribution < -0.4 is 4.74 Å². The van der Waals surface area contributed by atoms with E-state index in [-0.39, 0.29) is 18.0 Å². The number of hydrogen-bond acceptors (Lipinski definition) is 3. The van der Waals surface area contributed by atoms with Crippen molar-refractivity contribution in [1.82, 2.24) is 4.90 Å². The summed E-state index contributed by atoms with van der Waals surface area (Å²) in [7, 11) is 1.40. The van der Waals surface area contributed by atoms with Gasteiger partial charge in [-0.1, -0.05) is 19.1 Å². The maximum absolute atomic E-state index is 12.4. The number of phenolic OH excluding ortho intramolecular Hbond substituents is 1. The standard InChI is InChI=1S/C13H18F3NO2/c1-3-7-17(9-13(14,15)16)8-10-5-4-6-11(19-2)12(10)18/h4-6,18H,3,7-9H2,1-2H3. The maximum atomic E-state index is 12.4. The first-order valence-electron chi connectivity index (χ1n) is 6.01. The molecule has 0 unspecified atom stereocenters. The molecule has 0 aliphatic heterocycles. The molecule has 0 saturated heterocycles. The summed E-state index contributed by atoms with van der Waals surface area (Å²) in [5.41, 5.74) is 0.428. The number of methoxy groups -OCH3 is 1. The summed E-state index contributed by atoms with van der Waals surface area (Å²) in [6.07, 6.45) is -3.63. The second-order valence-corrected chi connectivity index (χ2v) is 4.29. The van der Waals surface area contributed by atoms with Gasteiger partial charge in [0.2, 0.25) is 0 Å². The average molecular weight is 277 g/mol. The van der Waals surface area contributed by atoms with E-state index in [4.69, 9.17) is 4.74 Å². The van der Waals surface area contributed by atoms with E-state index in [0.29, 0.717) is 18.5 Å². The van der Waals surface area contributed by atoms with Crippen molar-refractivity contribution in [2.24, 2.45) is 0 Å². The molecule has 0 aromatic heterocycles. The summed E-state index contributed by atoms with van der Waals surface area (Å²) in [6.45, 7) is 1.18. The third kappa shape index (κ3) is 4.98. The van der Waals surface area contributed by atoms with Gasteiger partial charge in [-0.15, -0.1) is 0 Å². The molecule has 0 amide bonds. The largest absolute Gasteiger partial charge is 0.504 e. The fourth-order valence-electron chi connectivity index (χ4n) is 1.88. The molecule has 1 aromatic rings. The number of nitrogens with zero attached hydrogens (tertiary/aromatic N) is 1. The number of ether oxygens (including phenoxy) is 1. The highest BCUT2D eigenvalue weighted by Gasteiger charge is 2.30. The van der Waals surface area contributed by atoms with Crippen LogP contribution in [0.15, 0.2) is 18.2 Å². The molecule has 1 N–H and O–H groups in total. The minimum Gasteiger partial charge on any atom is -0.504 e. The van der Waals surface area contributed by atoms with Gasteiger partial charge in [-0.2, -0.15) is 13.2 Å². The Morgan fingerprint density at radius 2 is 2.00 bits per heavy atom. The lowest BCUT2D eigenvalue weighted by Gasteiger charge is -2.23. The molecule has 0 fully saturated rings. The fraction of sp³-hybridized carbons (Fsp3) is 0.538. The van der Waals surface area contributed by atoms with Crippen molar-refractivity contribution in [3.05, 3.63) is 23.8 Å². The van der Waals surface area contributed by atoms with E-state index in [9.17, 15) is 18.3 Å². The van der Waals surface area contributed by atoms with Gasteiger partial charge in [-0.05, 0) is 19.0 Å². The maximum Gasteiger partial charge on any atom is 0.401 e. The molecule has 19 heavy (non-hydrogen) atoms. The van der Waals surface area contributed by atoms with Gasteiger partial charge < -0.3 is 9.84 Å². The first kappa shape index (κ1) is 15.6. The van der Waals surface area contributed by atoms with Crippen LogP contribution in [-0.4, -0.2) is 36.4 Å². The number of aromatic hydroxyl groups is 1. The number of rotatable bonds is 6. The minimum absolute atomic E-state index is 0.0381. The van der Waals surface area contributed by atoms with E-state index in [1.54, 1.807) is 18.2 Å². The lowest BCUT2D eigenvalue weighted by Crippen LogP contribution is -2.34. The Kier molecular flexibility index (Phi) is 5.47. The van der Waals surface area contributed by atoms with Gasteiger partial charge in [-0.3, -0.25) is 4.90 Å². The molecule has 108 valence electrons. The third-order valence-electron chi connectivity index (χ3n) is 2.64. The number of phenols is 1. The van der Waals surface area contributed by atoms with Crippen LogP contribution in [-0.2, 0) is 6.54 Å². The van der Waals surface area contributed by atoms with Crippen LogP contribution in [0.25, 0.3) is 0 Å². The average Bonchev–Trinajstić information content (AvgIpc) is 2.30. The molecule has 6 heteroatoms. The molecule has 0 aliphatic rings. The number of hydrogen-bond donors (Lipinski definition) is 1. The zero-order valence-electron chi connectivity index (χ0n) is 11.0. The van der Waals surface area contributed by atoms with Crippen LogP contribution in [0.2, 0.25) is 0 Å². The lowest BCUT2D eigenvalue weighted by molar-refractivity contribution is -0.147. The van der Waals surface area contributed by atoms with E-state index in [1.807, 2.05) is 6.92 Å². The molecule has 1 aromatic carbocycles. The van der Waals surface area contributed by atoms with Gasteiger partial charge in [0.15, 0.2) is 11.5 Å². The SMILES string of the molecule is CCCN(Cc1cccc(OC)c1O)CC(F)(F)F. The van der Waals surface area contributed by atoms with E-state index in [2.05, 4.69) is 0 Å². The fourth-order valence-corrected chi connectivity index (χ4v) is 1.88. The topological polar surface area (TPSA) is 32.7 Å². The number of para-hydroxylation sites is 1. The van der Waals surface area contributed by atoms with Gasteiger partial charge in [0, 0.05) is 12.1 Å². The highest BCUT2D eigenvalue weighted by Crippen LogP contribution is 2.30. The number of alkyl halides is 3. The van der Waals surface area contributed by atoms with Crippen LogP contribution in [0.3, 0.4) is 0 Å². The van der Waals surface area contributed by atoms with Gasteiger partial charge in [0.25, 0.3) is 0 Å². The van der Waals surface area contributed by atoms with Gasteiger partial charge in [0.1, 0.15) is 0 Å². The summed E-state index contributed by atoms with van der Waals surface area (Å²) in [5.74, 6) is 0.161. The molecular weight excluding hydrogens is 259 g/mol. The molecule has 3 nitrogen and oxygen atoms in total. The number of benzene rings is 1. The molecule has 0 saturated carbocycles. The summed E-state index contributed by atoms with van der Waals surface area (Å²) < 4.78 is 42.3. The van der Waals surface area contributed by atoms with Crippen molar-refractivity contribution >= 4 is 0 Å². The van der Waals surface area contributed by atoms with E-state index < -0.39 is 12.7 Å². The predicted octanol–water partition coefficient (Wildman–Crippen LogP) is 3.18. The van der Waals surface area contributed by atoms with Crippen molar-refractivity contribution in [3.63, 3.8) is 0 Å². The predicted molar refractivity (Wildman–Crippen MR) is 66.3 cm³/mol. The molecule has 0 spiro atoms. The normalized spacial score (nSPS) is 11.9. The first-order chi connectivity index (χ1) is 8.87. The van der Waals surface area contributed by atoms with Gasteiger partial charge >= 0.3 is 6.18 Å². The molecule has 0 radical (unpaired) electrons. The van der Waals surface area contributed by atoms with E-state index >= 15 is 0 Å². The van der Waals surface area contributed by atoms with Crippen LogP contribution in [0.5, 0.6) is 11.5 Å². The van der Waals surface area contributed by atoms with Gasteiger partial charge in [0.05, 0.1) is 13.7 Å². The van der Waals surface area contributed by atoms with Crippen molar-refractivity contribution in [2.45, 2.75) is 26.1 Å². The second-order valence-electron chi connectivity index (χ2n) is 4.29. The quantitative estimate of drug-likeness (QED) is 0.867. The summed E-state index contributed by atoms with van der Waals surface area (Å²) >= 11 is 0. The smallest absolute Gasteiger partial charge is 0.401 e. The molecule has 0 heterocycles. The molecule has 0 bridgehead atoms. The minimum atomic E-state index is -4.25. The van der Waals surface area contributed by atoms with Gasteiger partial charge in [-0.25, -0.2) is 0 Å². The molecule has 0 aliphatic carbocycles. The Morgan fingerprint density at radius 1 is 1.32 bits per heavy atom.